The van der Waals surface area contributed by atoms with Crippen molar-refractivity contribution in [3.8, 4) is 22.6 Å². The molecule has 90 heavy (non-hydrogen) atoms. The number of allylic oxidation sites excluding steroid dienone is 4. The van der Waals surface area contributed by atoms with Crippen molar-refractivity contribution in [2.75, 3.05) is 157 Å². The van der Waals surface area contributed by atoms with Crippen LogP contribution >= 0.6 is 143 Å². The lowest BCUT2D eigenvalue weighted by molar-refractivity contribution is -0.0118. The highest BCUT2D eigenvalue weighted by molar-refractivity contribution is 8.39. The van der Waals surface area contributed by atoms with Gasteiger partial charge >= 0.3 is 0 Å². The van der Waals surface area contributed by atoms with Crippen LogP contribution in [0.1, 0.15) is 36.8 Å². The molecular formula is C66H78O12S12. The van der Waals surface area contributed by atoms with Gasteiger partial charge in [-0.15, -0.1) is 23.5 Å². The number of hydrogen-bond donors (Lipinski definition) is 2. The molecule has 0 atom stereocenters. The number of hydrogen-bond acceptors (Lipinski definition) is 24. The van der Waals surface area contributed by atoms with Crippen LogP contribution in [-0.2, 0) is 58.9 Å². The van der Waals surface area contributed by atoms with Crippen molar-refractivity contribution in [1.82, 2.24) is 0 Å². The molecule has 12 nitrogen and oxygen atoms in total. The molecule has 4 aromatic carbocycles. The summed E-state index contributed by atoms with van der Waals surface area (Å²) in [4.78, 5) is 5.70. The van der Waals surface area contributed by atoms with Crippen LogP contribution in [0.5, 0.6) is 11.5 Å². The van der Waals surface area contributed by atoms with Gasteiger partial charge in [-0.3, -0.25) is 0 Å². The molecule has 4 aliphatic heterocycles. The highest BCUT2D eigenvalue weighted by Gasteiger charge is 2.30. The van der Waals surface area contributed by atoms with Gasteiger partial charge in [0.05, 0.1) is 158 Å². The van der Waals surface area contributed by atoms with Gasteiger partial charge < -0.3 is 56.8 Å². The summed E-state index contributed by atoms with van der Waals surface area (Å²) in [6.07, 6.45) is 14.1. The summed E-state index contributed by atoms with van der Waals surface area (Å²) in [7, 11) is 0. The Morgan fingerprint density at radius 2 is 0.644 bits per heavy atom. The second-order valence-electron chi connectivity index (χ2n) is 20.1. The summed E-state index contributed by atoms with van der Waals surface area (Å²) in [5.41, 5.74) is 4.46. The molecule has 0 radical (unpaired) electrons. The first-order valence-electron chi connectivity index (χ1n) is 30.3. The average Bonchev–Trinajstić information content (AvgIpc) is 1.45. The first-order chi connectivity index (χ1) is 44.6. The first kappa shape index (κ1) is 71.5. The summed E-state index contributed by atoms with van der Waals surface area (Å²) in [5.74, 6) is 4.62. The molecule has 4 heterocycles. The SMILES string of the molecule is SCCOCCOCCOCCOCCOCCOc1ccc2cc(CSC3=CSC(=C4SC5=CCCC=C5S4)S3)ccc2c1-c1c(OCCOCCOCCOCCOCCOCCS)ccc2cc(CSC3=CSC(=C4SC5=CCCC=C5S4)S3)ccc12. The van der Waals surface area contributed by atoms with E-state index in [1.54, 1.807) is 0 Å². The van der Waals surface area contributed by atoms with E-state index in [-0.39, 0.29) is 0 Å². The molecule has 0 spiro atoms. The van der Waals surface area contributed by atoms with Crippen LogP contribution in [0.4, 0.5) is 0 Å². The van der Waals surface area contributed by atoms with Gasteiger partial charge in [0, 0.05) is 53.8 Å². The van der Waals surface area contributed by atoms with Crippen molar-refractivity contribution in [2.45, 2.75) is 37.2 Å². The summed E-state index contributed by atoms with van der Waals surface area (Å²) in [5, 5.41) is 9.06. The minimum absolute atomic E-state index is 0.342. The largest absolute Gasteiger partial charge is 0.491 e. The molecule has 0 N–H and O–H groups in total. The third kappa shape index (κ3) is 22.9. The predicted molar refractivity (Wildman–Crippen MR) is 398 cm³/mol. The Bertz CT molecular complexity index is 2980. The fraction of sp³-hybridized carbons (Fsp3) is 0.455. The number of ether oxygens (including phenoxy) is 12. The van der Waals surface area contributed by atoms with Gasteiger partial charge in [0.25, 0.3) is 0 Å². The van der Waals surface area contributed by atoms with Gasteiger partial charge in [0.2, 0.25) is 0 Å². The maximum atomic E-state index is 6.80. The number of benzene rings is 4. The maximum Gasteiger partial charge on any atom is 0.128 e. The standard InChI is InChI=1S/C66H78O12S12/c79-39-37-75-31-29-71-23-21-67-17-19-69-25-27-73-33-35-77-53-15-11-49-41-47(43-81-59-45-83-63(89-59)65-85-55-5-1-2-6-56(55)86-65)9-13-51(49)61(53)62-52-14-10-48(44-82-60-46-84-64(90-60)66-87-57-7-3-4-8-58(57)88-66)42-50(52)12-16-54(62)78-36-34-74-28-26-70-20-18-68-22-24-72-30-32-76-38-40-80/h5-16,41-42,45-46,79-80H,1-4,17-40,43-44H2. The molecule has 10 rings (SSSR count). The highest BCUT2D eigenvalue weighted by atomic mass is 32.2. The molecule has 2 saturated heterocycles. The number of thiol groups is 2. The Balaban J connectivity index is 0.808. The van der Waals surface area contributed by atoms with E-state index in [0.717, 1.165) is 81.4 Å². The summed E-state index contributed by atoms with van der Waals surface area (Å²) in [6, 6.07) is 22.4. The molecule has 0 aromatic heterocycles. The third-order valence-electron chi connectivity index (χ3n) is 13.7. The lowest BCUT2D eigenvalue weighted by Crippen LogP contribution is -2.15. The minimum atomic E-state index is 0.342. The molecular weight excluding hydrogens is 1370 g/mol. The van der Waals surface area contributed by atoms with Gasteiger partial charge in [-0.1, -0.05) is 167 Å². The molecule has 0 bridgehead atoms. The van der Waals surface area contributed by atoms with Gasteiger partial charge in [0.15, 0.2) is 0 Å². The second-order valence-corrected chi connectivity index (χ2v) is 32.7. The van der Waals surface area contributed by atoms with E-state index < -0.39 is 0 Å². The van der Waals surface area contributed by atoms with Crippen LogP contribution in [-0.4, -0.2) is 157 Å². The molecule has 0 amide bonds. The summed E-state index contributed by atoms with van der Waals surface area (Å²) >= 11 is 27.4. The third-order valence-corrected chi connectivity index (χ3v) is 28.0. The quantitative estimate of drug-likeness (QED) is 0.0324. The van der Waals surface area contributed by atoms with E-state index in [2.05, 4.69) is 121 Å². The fourth-order valence-electron chi connectivity index (χ4n) is 9.50. The Labute approximate surface area is 584 Å². The maximum absolute atomic E-state index is 6.80. The van der Waals surface area contributed by atoms with Crippen LogP contribution in [0.25, 0.3) is 32.7 Å². The van der Waals surface area contributed by atoms with Gasteiger partial charge in [-0.2, -0.15) is 25.3 Å². The molecule has 4 aromatic rings. The zero-order valence-corrected chi connectivity index (χ0v) is 60.3. The smallest absolute Gasteiger partial charge is 0.128 e. The van der Waals surface area contributed by atoms with E-state index >= 15 is 0 Å². The van der Waals surface area contributed by atoms with Gasteiger partial charge in [-0.05, 0) is 81.3 Å². The Morgan fingerprint density at radius 3 is 0.967 bits per heavy atom. The lowest BCUT2D eigenvalue weighted by atomic mass is 9.91. The van der Waals surface area contributed by atoms with Crippen LogP contribution in [0.15, 0.2) is 141 Å². The van der Waals surface area contributed by atoms with Crippen LogP contribution in [0.2, 0.25) is 0 Å². The normalized spacial score (nSPS) is 16.5. The van der Waals surface area contributed by atoms with Crippen molar-refractivity contribution >= 4 is 164 Å². The Morgan fingerprint density at radius 1 is 0.333 bits per heavy atom. The fourth-order valence-corrected chi connectivity index (χ4v) is 22.9. The summed E-state index contributed by atoms with van der Waals surface area (Å²) < 4.78 is 78.8. The molecule has 2 aliphatic carbocycles. The monoisotopic (exact) mass is 1450 g/mol. The van der Waals surface area contributed by atoms with Crippen molar-refractivity contribution < 1.29 is 56.8 Å². The van der Waals surface area contributed by atoms with Crippen LogP contribution in [0.3, 0.4) is 0 Å². The highest BCUT2D eigenvalue weighted by Crippen LogP contribution is 2.63. The molecule has 6 aliphatic rings. The number of rotatable bonds is 43. The topological polar surface area (TPSA) is 111 Å². The van der Waals surface area contributed by atoms with Crippen molar-refractivity contribution in [3.63, 3.8) is 0 Å². The van der Waals surface area contributed by atoms with Gasteiger partial charge in [-0.25, -0.2) is 0 Å². The van der Waals surface area contributed by atoms with Crippen LogP contribution < -0.4 is 9.47 Å². The molecule has 2 fully saturated rings. The van der Waals surface area contributed by atoms with Crippen molar-refractivity contribution in [1.29, 1.82) is 0 Å². The van der Waals surface area contributed by atoms with E-state index in [4.69, 9.17) is 56.8 Å². The molecule has 0 saturated carbocycles. The van der Waals surface area contributed by atoms with E-state index in [9.17, 15) is 0 Å². The lowest BCUT2D eigenvalue weighted by Gasteiger charge is -2.20. The predicted octanol–water partition coefficient (Wildman–Crippen LogP) is 17.8. The minimum Gasteiger partial charge on any atom is -0.491 e. The van der Waals surface area contributed by atoms with Crippen molar-refractivity contribution in [3.05, 3.63) is 152 Å². The zero-order chi connectivity index (χ0) is 61.6. The van der Waals surface area contributed by atoms with E-state index in [1.807, 2.05) is 118 Å². The number of thioether (sulfide) groups is 10. The average molecular weight is 1450 g/mol. The van der Waals surface area contributed by atoms with E-state index in [0.29, 0.717) is 157 Å². The molecule has 486 valence electrons. The van der Waals surface area contributed by atoms with Gasteiger partial charge in [0.1, 0.15) is 24.7 Å². The number of fused-ring (bicyclic) bond motifs is 4. The van der Waals surface area contributed by atoms with E-state index in [1.165, 1.54) is 56.2 Å². The first-order valence-corrected chi connectivity index (χ1v) is 40.2. The molecule has 0 unspecified atom stereocenters. The Kier molecular flexibility index (Phi) is 32.6. The summed E-state index contributed by atoms with van der Waals surface area (Å²) in [6.45, 7) is 10.6. The zero-order valence-electron chi connectivity index (χ0n) is 50.3. The second kappa shape index (κ2) is 41.1. The van der Waals surface area contributed by atoms with Crippen LogP contribution in [0, 0.1) is 0 Å². The Hall–Kier alpha value is -1.28. The molecule has 24 heteroatoms. The van der Waals surface area contributed by atoms with Crippen molar-refractivity contribution in [2.24, 2.45) is 0 Å².